The van der Waals surface area contributed by atoms with Crippen LogP contribution < -0.4 is 0 Å². The summed E-state index contributed by atoms with van der Waals surface area (Å²) in [7, 11) is 0. The molecule has 0 bridgehead atoms. The number of rotatable bonds is 2. The van der Waals surface area contributed by atoms with Crippen molar-refractivity contribution < 1.29 is 10.2 Å². The Morgan fingerprint density at radius 2 is 2.00 bits per heavy atom. The smallest absolute Gasteiger partial charge is 0.115 e. The van der Waals surface area contributed by atoms with Crippen LogP contribution in [0, 0.1) is 5.92 Å². The number of aliphatic hydroxyl groups is 1. The summed E-state index contributed by atoms with van der Waals surface area (Å²) in [5.41, 5.74) is 1.18. The topological polar surface area (TPSA) is 40.5 Å². The summed E-state index contributed by atoms with van der Waals surface area (Å²) in [6.07, 6.45) is 6.30. The molecule has 1 aromatic carbocycles. The fourth-order valence-electron chi connectivity index (χ4n) is 2.64. The molecule has 0 saturated heterocycles. The van der Waals surface area contributed by atoms with Crippen LogP contribution in [0.25, 0.3) is 0 Å². The average molecular weight is 220 g/mol. The first-order chi connectivity index (χ1) is 7.74. The summed E-state index contributed by atoms with van der Waals surface area (Å²) in [5, 5.41) is 19.1. The SMILES string of the molecule is Oc1cccc(CC2CCCCC(O)C2)c1. The van der Waals surface area contributed by atoms with Crippen molar-refractivity contribution in [1.82, 2.24) is 0 Å². The maximum Gasteiger partial charge on any atom is 0.115 e. The fraction of sp³-hybridized carbons (Fsp3) is 0.571. The third-order valence-corrected chi connectivity index (χ3v) is 3.44. The second-order valence-corrected chi connectivity index (χ2v) is 4.91. The minimum Gasteiger partial charge on any atom is -0.508 e. The molecule has 1 aliphatic carbocycles. The molecule has 1 fully saturated rings. The van der Waals surface area contributed by atoms with Gasteiger partial charge in [0.25, 0.3) is 0 Å². The third-order valence-electron chi connectivity index (χ3n) is 3.44. The molecular weight excluding hydrogens is 200 g/mol. The van der Waals surface area contributed by atoms with Gasteiger partial charge in [0.2, 0.25) is 0 Å². The van der Waals surface area contributed by atoms with Gasteiger partial charge in [-0.3, -0.25) is 0 Å². The Balaban J connectivity index is 1.97. The van der Waals surface area contributed by atoms with E-state index in [2.05, 4.69) is 6.07 Å². The first kappa shape index (κ1) is 11.5. The molecule has 2 heteroatoms. The third kappa shape index (κ3) is 3.24. The summed E-state index contributed by atoms with van der Waals surface area (Å²) < 4.78 is 0. The molecule has 0 amide bonds. The van der Waals surface area contributed by atoms with E-state index >= 15 is 0 Å². The first-order valence-electron chi connectivity index (χ1n) is 6.20. The summed E-state index contributed by atoms with van der Waals surface area (Å²) >= 11 is 0. The normalized spacial score (nSPS) is 26.3. The predicted octanol–water partition coefficient (Wildman–Crippen LogP) is 2.88. The quantitative estimate of drug-likeness (QED) is 0.752. The zero-order valence-electron chi connectivity index (χ0n) is 9.60. The van der Waals surface area contributed by atoms with E-state index in [0.717, 1.165) is 25.7 Å². The van der Waals surface area contributed by atoms with Crippen LogP contribution in [0.3, 0.4) is 0 Å². The fourth-order valence-corrected chi connectivity index (χ4v) is 2.64. The van der Waals surface area contributed by atoms with Crippen molar-refractivity contribution in [1.29, 1.82) is 0 Å². The van der Waals surface area contributed by atoms with E-state index in [4.69, 9.17) is 0 Å². The molecule has 0 radical (unpaired) electrons. The van der Waals surface area contributed by atoms with E-state index in [1.165, 1.54) is 18.4 Å². The monoisotopic (exact) mass is 220 g/mol. The lowest BCUT2D eigenvalue weighted by atomic mass is 9.92. The average Bonchev–Trinajstić information content (AvgIpc) is 2.43. The molecule has 0 aliphatic heterocycles. The van der Waals surface area contributed by atoms with E-state index in [0.29, 0.717) is 11.7 Å². The summed E-state index contributed by atoms with van der Waals surface area (Å²) in [6, 6.07) is 7.47. The molecule has 2 unspecified atom stereocenters. The Bertz CT molecular complexity index is 335. The Labute approximate surface area is 96.9 Å². The zero-order valence-corrected chi connectivity index (χ0v) is 9.60. The molecule has 2 atom stereocenters. The zero-order chi connectivity index (χ0) is 11.4. The lowest BCUT2D eigenvalue weighted by molar-refractivity contribution is 0.141. The van der Waals surface area contributed by atoms with E-state index in [1.807, 2.05) is 12.1 Å². The highest BCUT2D eigenvalue weighted by molar-refractivity contribution is 5.27. The van der Waals surface area contributed by atoms with Crippen molar-refractivity contribution >= 4 is 0 Å². The van der Waals surface area contributed by atoms with E-state index in [-0.39, 0.29) is 6.10 Å². The molecule has 0 aromatic heterocycles. The summed E-state index contributed by atoms with van der Waals surface area (Å²) in [4.78, 5) is 0. The van der Waals surface area contributed by atoms with Gasteiger partial charge < -0.3 is 10.2 Å². The van der Waals surface area contributed by atoms with Crippen LogP contribution >= 0.6 is 0 Å². The highest BCUT2D eigenvalue weighted by Gasteiger charge is 2.18. The van der Waals surface area contributed by atoms with Gasteiger partial charge in [-0.2, -0.15) is 0 Å². The van der Waals surface area contributed by atoms with Crippen LogP contribution in [-0.4, -0.2) is 16.3 Å². The lowest BCUT2D eigenvalue weighted by Gasteiger charge is -2.16. The van der Waals surface area contributed by atoms with Crippen molar-refractivity contribution in [2.75, 3.05) is 0 Å². The Kier molecular flexibility index (Phi) is 3.83. The van der Waals surface area contributed by atoms with Crippen LogP contribution in [-0.2, 0) is 6.42 Å². The van der Waals surface area contributed by atoms with Gasteiger partial charge in [0, 0.05) is 0 Å². The summed E-state index contributed by atoms with van der Waals surface area (Å²) in [5.74, 6) is 0.908. The van der Waals surface area contributed by atoms with Gasteiger partial charge in [-0.05, 0) is 42.9 Å². The molecule has 16 heavy (non-hydrogen) atoms. The van der Waals surface area contributed by atoms with Crippen LogP contribution in [0.5, 0.6) is 5.75 Å². The van der Waals surface area contributed by atoms with Crippen LogP contribution in [0.2, 0.25) is 0 Å². The maximum atomic E-state index is 9.74. The minimum absolute atomic E-state index is 0.121. The number of aliphatic hydroxyl groups excluding tert-OH is 1. The Morgan fingerprint density at radius 3 is 2.81 bits per heavy atom. The molecule has 0 heterocycles. The van der Waals surface area contributed by atoms with Crippen molar-refractivity contribution in [2.24, 2.45) is 5.92 Å². The number of phenols is 1. The van der Waals surface area contributed by atoms with Crippen molar-refractivity contribution in [3.8, 4) is 5.75 Å². The van der Waals surface area contributed by atoms with Gasteiger partial charge >= 0.3 is 0 Å². The molecule has 2 rings (SSSR count). The van der Waals surface area contributed by atoms with Gasteiger partial charge in [-0.1, -0.05) is 31.4 Å². The van der Waals surface area contributed by atoms with Gasteiger partial charge in [-0.25, -0.2) is 0 Å². The number of hydrogen-bond donors (Lipinski definition) is 2. The molecule has 1 saturated carbocycles. The lowest BCUT2D eigenvalue weighted by Crippen LogP contribution is -2.12. The van der Waals surface area contributed by atoms with Gasteiger partial charge in [-0.15, -0.1) is 0 Å². The second-order valence-electron chi connectivity index (χ2n) is 4.91. The van der Waals surface area contributed by atoms with Gasteiger partial charge in [0.1, 0.15) is 5.75 Å². The van der Waals surface area contributed by atoms with Crippen molar-refractivity contribution in [3.63, 3.8) is 0 Å². The summed E-state index contributed by atoms with van der Waals surface area (Å²) in [6.45, 7) is 0. The largest absolute Gasteiger partial charge is 0.508 e. The second kappa shape index (κ2) is 5.35. The van der Waals surface area contributed by atoms with E-state index < -0.39 is 0 Å². The Hall–Kier alpha value is -1.02. The molecule has 2 nitrogen and oxygen atoms in total. The van der Waals surface area contributed by atoms with E-state index in [1.54, 1.807) is 6.07 Å². The van der Waals surface area contributed by atoms with Gasteiger partial charge in [0.05, 0.1) is 6.10 Å². The molecule has 1 aliphatic rings. The van der Waals surface area contributed by atoms with E-state index in [9.17, 15) is 10.2 Å². The highest BCUT2D eigenvalue weighted by Crippen LogP contribution is 2.27. The van der Waals surface area contributed by atoms with Crippen molar-refractivity contribution in [2.45, 2.75) is 44.6 Å². The number of phenolic OH excluding ortho intramolecular Hbond substituents is 1. The number of aromatic hydroxyl groups is 1. The minimum atomic E-state index is -0.121. The first-order valence-corrected chi connectivity index (χ1v) is 6.20. The molecule has 2 N–H and O–H groups in total. The van der Waals surface area contributed by atoms with Crippen LogP contribution in [0.15, 0.2) is 24.3 Å². The highest BCUT2D eigenvalue weighted by atomic mass is 16.3. The standard InChI is InChI=1S/C14H20O2/c15-13-6-2-1-4-11(9-13)8-12-5-3-7-14(16)10-12/h3,5,7,10-11,13,15-16H,1-2,4,6,8-9H2. The molecule has 1 aromatic rings. The molecular formula is C14H20O2. The van der Waals surface area contributed by atoms with Crippen LogP contribution in [0.4, 0.5) is 0 Å². The van der Waals surface area contributed by atoms with Crippen molar-refractivity contribution in [3.05, 3.63) is 29.8 Å². The predicted molar refractivity (Wildman–Crippen MR) is 64.4 cm³/mol. The number of hydrogen-bond acceptors (Lipinski definition) is 2. The molecule has 0 spiro atoms. The van der Waals surface area contributed by atoms with Crippen LogP contribution in [0.1, 0.15) is 37.7 Å². The number of benzene rings is 1. The van der Waals surface area contributed by atoms with Gasteiger partial charge in [0.15, 0.2) is 0 Å². The Morgan fingerprint density at radius 1 is 1.19 bits per heavy atom. The maximum absolute atomic E-state index is 9.74. The molecule has 88 valence electrons.